The Morgan fingerprint density at radius 3 is 2.73 bits per heavy atom. The molecule has 1 aromatic heterocycles. The minimum atomic E-state index is 0.690. The van der Waals surface area contributed by atoms with Crippen molar-refractivity contribution in [2.45, 2.75) is 31.6 Å². The zero-order valence-electron chi connectivity index (χ0n) is 6.22. The molecule has 1 aliphatic rings. The number of hydrogen-bond acceptors (Lipinski definition) is 2. The fourth-order valence-electron chi connectivity index (χ4n) is 1.74. The molecule has 1 saturated carbocycles. The quantitative estimate of drug-likeness (QED) is 0.720. The maximum Gasteiger partial charge on any atom is 0.205 e. The van der Waals surface area contributed by atoms with Gasteiger partial charge in [-0.05, 0) is 34.7 Å². The smallest absolute Gasteiger partial charge is 0.205 e. The van der Waals surface area contributed by atoms with E-state index in [1.807, 2.05) is 6.20 Å². The van der Waals surface area contributed by atoms with Crippen LogP contribution in [-0.4, -0.2) is 5.16 Å². The van der Waals surface area contributed by atoms with Crippen LogP contribution < -0.4 is 0 Å². The van der Waals surface area contributed by atoms with E-state index >= 15 is 0 Å². The second-order valence-electron chi connectivity index (χ2n) is 3.04. The SMILES string of the molecule is Brc1oncc1C1CCCC1. The Morgan fingerprint density at radius 2 is 2.18 bits per heavy atom. The van der Waals surface area contributed by atoms with Crippen molar-refractivity contribution in [2.24, 2.45) is 0 Å². The Balaban J connectivity index is 2.21. The lowest BCUT2D eigenvalue weighted by Crippen LogP contribution is -1.89. The summed E-state index contributed by atoms with van der Waals surface area (Å²) in [4.78, 5) is 0. The zero-order valence-corrected chi connectivity index (χ0v) is 7.80. The molecular weight excluding hydrogens is 206 g/mol. The summed E-state index contributed by atoms with van der Waals surface area (Å²) in [5.41, 5.74) is 1.25. The highest BCUT2D eigenvalue weighted by atomic mass is 79.9. The Morgan fingerprint density at radius 1 is 1.45 bits per heavy atom. The third-order valence-electron chi connectivity index (χ3n) is 2.35. The number of nitrogens with zero attached hydrogens (tertiary/aromatic N) is 1. The Labute approximate surface area is 74.1 Å². The summed E-state index contributed by atoms with van der Waals surface area (Å²) >= 11 is 3.35. The van der Waals surface area contributed by atoms with E-state index in [2.05, 4.69) is 21.1 Å². The van der Waals surface area contributed by atoms with Crippen molar-refractivity contribution in [3.8, 4) is 0 Å². The van der Waals surface area contributed by atoms with E-state index in [9.17, 15) is 0 Å². The van der Waals surface area contributed by atoms with Gasteiger partial charge in [-0.3, -0.25) is 0 Å². The van der Waals surface area contributed by atoms with Gasteiger partial charge >= 0.3 is 0 Å². The maximum atomic E-state index is 4.94. The molecule has 0 radical (unpaired) electrons. The fourth-order valence-corrected chi connectivity index (χ4v) is 2.25. The fraction of sp³-hybridized carbons (Fsp3) is 0.625. The van der Waals surface area contributed by atoms with Crippen molar-refractivity contribution in [2.75, 3.05) is 0 Å². The van der Waals surface area contributed by atoms with Gasteiger partial charge in [-0.25, -0.2) is 0 Å². The van der Waals surface area contributed by atoms with Crippen LogP contribution in [0.3, 0.4) is 0 Å². The minimum absolute atomic E-state index is 0.690. The highest BCUT2D eigenvalue weighted by Crippen LogP contribution is 2.37. The third kappa shape index (κ3) is 1.34. The van der Waals surface area contributed by atoms with Gasteiger partial charge < -0.3 is 4.52 Å². The molecule has 0 aromatic carbocycles. The van der Waals surface area contributed by atoms with Crippen LogP contribution in [0.5, 0.6) is 0 Å². The maximum absolute atomic E-state index is 4.94. The van der Waals surface area contributed by atoms with Crippen LogP contribution in [-0.2, 0) is 0 Å². The molecule has 60 valence electrons. The second-order valence-corrected chi connectivity index (χ2v) is 3.76. The molecule has 1 heterocycles. The Hall–Kier alpha value is -0.310. The minimum Gasteiger partial charge on any atom is -0.349 e. The summed E-state index contributed by atoms with van der Waals surface area (Å²) in [6, 6.07) is 0. The monoisotopic (exact) mass is 215 g/mol. The summed E-state index contributed by atoms with van der Waals surface area (Å²) in [6.45, 7) is 0. The molecule has 0 saturated heterocycles. The molecule has 11 heavy (non-hydrogen) atoms. The van der Waals surface area contributed by atoms with Gasteiger partial charge in [-0.1, -0.05) is 18.0 Å². The highest BCUT2D eigenvalue weighted by molar-refractivity contribution is 9.10. The summed E-state index contributed by atoms with van der Waals surface area (Å²) in [7, 11) is 0. The lowest BCUT2D eigenvalue weighted by Gasteiger charge is -2.03. The molecule has 2 rings (SSSR count). The first-order chi connectivity index (χ1) is 5.38. The summed E-state index contributed by atoms with van der Waals surface area (Å²) in [5.74, 6) is 0.690. The first-order valence-electron chi connectivity index (χ1n) is 3.98. The predicted molar refractivity (Wildman–Crippen MR) is 45.4 cm³/mol. The molecule has 2 nitrogen and oxygen atoms in total. The summed E-state index contributed by atoms with van der Waals surface area (Å²) < 4.78 is 5.77. The molecule has 1 aliphatic carbocycles. The van der Waals surface area contributed by atoms with Gasteiger partial charge in [0.25, 0.3) is 0 Å². The first-order valence-corrected chi connectivity index (χ1v) is 4.77. The molecule has 0 unspecified atom stereocenters. The van der Waals surface area contributed by atoms with Crippen LogP contribution in [0, 0.1) is 0 Å². The van der Waals surface area contributed by atoms with Crippen molar-refractivity contribution in [1.82, 2.24) is 5.16 Å². The van der Waals surface area contributed by atoms with E-state index in [1.165, 1.54) is 31.2 Å². The van der Waals surface area contributed by atoms with Crippen molar-refractivity contribution < 1.29 is 4.52 Å². The molecule has 0 N–H and O–H groups in total. The number of halogens is 1. The van der Waals surface area contributed by atoms with E-state index in [0.29, 0.717) is 5.92 Å². The molecular formula is C8H10BrNO. The predicted octanol–water partition coefficient (Wildman–Crippen LogP) is 3.09. The lowest BCUT2D eigenvalue weighted by molar-refractivity contribution is 0.398. The van der Waals surface area contributed by atoms with E-state index in [-0.39, 0.29) is 0 Å². The Kier molecular flexibility index (Phi) is 1.98. The van der Waals surface area contributed by atoms with Crippen LogP contribution >= 0.6 is 15.9 Å². The van der Waals surface area contributed by atoms with Gasteiger partial charge in [0.1, 0.15) is 0 Å². The van der Waals surface area contributed by atoms with Crippen LogP contribution in [0.15, 0.2) is 15.4 Å². The lowest BCUT2D eigenvalue weighted by atomic mass is 10.0. The van der Waals surface area contributed by atoms with E-state index in [1.54, 1.807) is 0 Å². The van der Waals surface area contributed by atoms with Gasteiger partial charge in [-0.15, -0.1) is 0 Å². The third-order valence-corrected chi connectivity index (χ3v) is 2.95. The van der Waals surface area contributed by atoms with Crippen molar-refractivity contribution in [1.29, 1.82) is 0 Å². The largest absolute Gasteiger partial charge is 0.349 e. The topological polar surface area (TPSA) is 26.0 Å². The van der Waals surface area contributed by atoms with Crippen LogP contribution in [0.1, 0.15) is 37.2 Å². The standard InChI is InChI=1S/C8H10BrNO/c9-8-7(5-10-11-8)6-3-1-2-4-6/h5-6H,1-4H2. The molecule has 3 heteroatoms. The van der Waals surface area contributed by atoms with Gasteiger partial charge in [0.2, 0.25) is 4.67 Å². The molecule has 0 atom stereocenters. The first kappa shape index (κ1) is 7.35. The molecule has 0 aliphatic heterocycles. The van der Waals surface area contributed by atoms with Gasteiger partial charge in [-0.2, -0.15) is 0 Å². The van der Waals surface area contributed by atoms with Crippen molar-refractivity contribution in [3.63, 3.8) is 0 Å². The summed E-state index contributed by atoms with van der Waals surface area (Å²) in [6.07, 6.45) is 7.12. The van der Waals surface area contributed by atoms with Crippen molar-refractivity contribution in [3.05, 3.63) is 16.4 Å². The number of aromatic nitrogens is 1. The van der Waals surface area contributed by atoms with Gasteiger partial charge in [0.05, 0.1) is 6.20 Å². The zero-order chi connectivity index (χ0) is 7.68. The second kappa shape index (κ2) is 2.97. The normalized spacial score (nSPS) is 19.4. The molecule has 1 fully saturated rings. The van der Waals surface area contributed by atoms with Gasteiger partial charge in [0.15, 0.2) is 0 Å². The van der Waals surface area contributed by atoms with Crippen molar-refractivity contribution >= 4 is 15.9 Å². The van der Waals surface area contributed by atoms with E-state index in [0.717, 1.165) is 4.67 Å². The van der Waals surface area contributed by atoms with E-state index in [4.69, 9.17) is 4.52 Å². The molecule has 0 bridgehead atoms. The van der Waals surface area contributed by atoms with Crippen LogP contribution in [0.4, 0.5) is 0 Å². The van der Waals surface area contributed by atoms with Crippen LogP contribution in [0.2, 0.25) is 0 Å². The number of rotatable bonds is 1. The van der Waals surface area contributed by atoms with Gasteiger partial charge in [0, 0.05) is 5.56 Å². The van der Waals surface area contributed by atoms with Crippen LogP contribution in [0.25, 0.3) is 0 Å². The summed E-state index contributed by atoms with van der Waals surface area (Å²) in [5, 5.41) is 3.74. The highest BCUT2D eigenvalue weighted by Gasteiger charge is 2.21. The van der Waals surface area contributed by atoms with E-state index < -0.39 is 0 Å². The molecule has 0 spiro atoms. The Bertz CT molecular complexity index is 240. The number of hydrogen-bond donors (Lipinski definition) is 0. The molecule has 1 aromatic rings. The molecule has 0 amide bonds. The average molecular weight is 216 g/mol. The average Bonchev–Trinajstić information content (AvgIpc) is 2.55.